The molecule has 1 heterocycles. The number of hydrogen-bond acceptors (Lipinski definition) is 3. The van der Waals surface area contributed by atoms with Crippen LogP contribution in [0, 0.1) is 0 Å². The Morgan fingerprint density at radius 2 is 2.20 bits per heavy atom. The third-order valence-corrected chi connectivity index (χ3v) is 2.53. The summed E-state index contributed by atoms with van der Waals surface area (Å²) in [5.41, 5.74) is 0.965. The maximum Gasteiger partial charge on any atom is 0.311 e. The number of fused-ring (bicyclic) bond motifs is 1. The Morgan fingerprint density at radius 1 is 1.47 bits per heavy atom. The first kappa shape index (κ1) is 9.90. The van der Waals surface area contributed by atoms with Crippen molar-refractivity contribution in [3.63, 3.8) is 0 Å². The van der Waals surface area contributed by atoms with Crippen LogP contribution in [0.2, 0.25) is 0 Å². The minimum Gasteiger partial charge on any atom is -0.426 e. The molecule has 78 valence electrons. The lowest BCUT2D eigenvalue weighted by molar-refractivity contribution is -0.136. The molecule has 3 nitrogen and oxygen atoms in total. The van der Waals surface area contributed by atoms with Crippen LogP contribution < -0.4 is 4.74 Å². The number of ketones is 1. The van der Waals surface area contributed by atoms with Gasteiger partial charge in [-0.2, -0.15) is 0 Å². The van der Waals surface area contributed by atoms with Gasteiger partial charge in [-0.3, -0.25) is 4.79 Å². The largest absolute Gasteiger partial charge is 0.426 e. The minimum absolute atomic E-state index is 0.0139. The fraction of sp³-hybridized carbons (Fsp3) is 0.333. The van der Waals surface area contributed by atoms with Crippen LogP contribution >= 0.6 is 0 Å². The van der Waals surface area contributed by atoms with Gasteiger partial charge in [0.15, 0.2) is 0 Å². The summed E-state index contributed by atoms with van der Waals surface area (Å²) in [6, 6.07) is 7.39. The van der Waals surface area contributed by atoms with E-state index in [4.69, 9.17) is 4.74 Å². The Bertz CT molecular complexity index is 409. The van der Waals surface area contributed by atoms with E-state index in [2.05, 4.69) is 0 Å². The highest BCUT2D eigenvalue weighted by Gasteiger charge is 2.27. The fourth-order valence-corrected chi connectivity index (χ4v) is 1.92. The second kappa shape index (κ2) is 3.85. The summed E-state index contributed by atoms with van der Waals surface area (Å²) in [7, 11) is 0. The van der Waals surface area contributed by atoms with Gasteiger partial charge in [0, 0.05) is 12.3 Å². The quantitative estimate of drug-likeness (QED) is 0.547. The van der Waals surface area contributed by atoms with E-state index < -0.39 is 0 Å². The van der Waals surface area contributed by atoms with Gasteiger partial charge in [0.25, 0.3) is 0 Å². The number of Topliss-reactive ketones (excluding diaryl/α,β-unsaturated/α-hetero) is 1. The van der Waals surface area contributed by atoms with E-state index in [9.17, 15) is 9.59 Å². The third-order valence-electron chi connectivity index (χ3n) is 2.53. The predicted molar refractivity (Wildman–Crippen MR) is 54.7 cm³/mol. The molecule has 0 saturated carbocycles. The van der Waals surface area contributed by atoms with E-state index >= 15 is 0 Å². The van der Waals surface area contributed by atoms with Gasteiger partial charge >= 0.3 is 5.97 Å². The van der Waals surface area contributed by atoms with Crippen molar-refractivity contribution < 1.29 is 14.3 Å². The van der Waals surface area contributed by atoms with Crippen molar-refractivity contribution in [2.24, 2.45) is 0 Å². The van der Waals surface area contributed by atoms with Gasteiger partial charge in [-0.15, -0.1) is 0 Å². The smallest absolute Gasteiger partial charge is 0.311 e. The summed E-state index contributed by atoms with van der Waals surface area (Å²) in [5.74, 6) is 0.435. The summed E-state index contributed by atoms with van der Waals surface area (Å²) in [6.45, 7) is 1.54. The summed E-state index contributed by atoms with van der Waals surface area (Å²) in [4.78, 5) is 22.4. The van der Waals surface area contributed by atoms with Gasteiger partial charge in [0.05, 0.1) is 6.42 Å². The molecule has 1 unspecified atom stereocenters. The van der Waals surface area contributed by atoms with E-state index in [1.165, 1.54) is 0 Å². The second-order valence-corrected chi connectivity index (χ2v) is 3.82. The zero-order valence-electron chi connectivity index (χ0n) is 8.53. The lowest BCUT2D eigenvalue weighted by atomic mass is 9.89. The molecule has 0 aromatic heterocycles. The molecule has 15 heavy (non-hydrogen) atoms. The zero-order chi connectivity index (χ0) is 10.8. The highest BCUT2D eigenvalue weighted by molar-refractivity contribution is 5.81. The van der Waals surface area contributed by atoms with E-state index in [0.29, 0.717) is 18.6 Å². The molecule has 0 aliphatic carbocycles. The standard InChI is InChI=1S/C12H12O3/c1-8(13)6-9-7-12(14)15-11-5-3-2-4-10(9)11/h2-5,9H,6-7H2,1H3. The van der Waals surface area contributed by atoms with Crippen molar-refractivity contribution in [2.45, 2.75) is 25.7 Å². The van der Waals surface area contributed by atoms with Crippen LogP contribution in [0.1, 0.15) is 31.2 Å². The molecular formula is C12H12O3. The van der Waals surface area contributed by atoms with Crippen LogP contribution in [0.15, 0.2) is 24.3 Å². The molecule has 3 heteroatoms. The van der Waals surface area contributed by atoms with Crippen LogP contribution in [-0.2, 0) is 9.59 Å². The number of para-hydroxylation sites is 1. The van der Waals surface area contributed by atoms with Crippen molar-refractivity contribution in [2.75, 3.05) is 0 Å². The van der Waals surface area contributed by atoms with Crippen LogP contribution in [0.4, 0.5) is 0 Å². The SMILES string of the molecule is CC(=O)CC1CC(=O)Oc2ccccc21. The monoisotopic (exact) mass is 204 g/mol. The van der Waals surface area contributed by atoms with E-state index in [0.717, 1.165) is 5.56 Å². The van der Waals surface area contributed by atoms with Gasteiger partial charge in [-0.05, 0) is 18.6 Å². The molecule has 0 spiro atoms. The van der Waals surface area contributed by atoms with Crippen molar-refractivity contribution >= 4 is 11.8 Å². The lowest BCUT2D eigenvalue weighted by Crippen LogP contribution is -2.21. The molecule has 0 amide bonds. The Labute approximate surface area is 88.1 Å². The van der Waals surface area contributed by atoms with Crippen LogP contribution in [-0.4, -0.2) is 11.8 Å². The number of ether oxygens (including phenoxy) is 1. The first-order valence-electron chi connectivity index (χ1n) is 4.96. The van der Waals surface area contributed by atoms with Crippen LogP contribution in [0.25, 0.3) is 0 Å². The topological polar surface area (TPSA) is 43.4 Å². The van der Waals surface area contributed by atoms with Gasteiger partial charge in [0.2, 0.25) is 0 Å². The number of hydrogen-bond donors (Lipinski definition) is 0. The molecule has 0 fully saturated rings. The first-order valence-corrected chi connectivity index (χ1v) is 4.96. The summed E-state index contributed by atoms with van der Waals surface area (Å²) >= 11 is 0. The van der Waals surface area contributed by atoms with Crippen molar-refractivity contribution in [1.82, 2.24) is 0 Å². The average molecular weight is 204 g/mol. The Balaban J connectivity index is 2.33. The Hall–Kier alpha value is -1.64. The number of carbonyl (C=O) groups is 2. The molecule has 1 aromatic carbocycles. The summed E-state index contributed by atoms with van der Waals surface area (Å²) in [5, 5.41) is 0. The first-order chi connectivity index (χ1) is 7.16. The number of carbonyl (C=O) groups excluding carboxylic acids is 2. The second-order valence-electron chi connectivity index (χ2n) is 3.82. The van der Waals surface area contributed by atoms with E-state index in [1.807, 2.05) is 18.2 Å². The lowest BCUT2D eigenvalue weighted by Gasteiger charge is -2.23. The van der Waals surface area contributed by atoms with Crippen LogP contribution in [0.3, 0.4) is 0 Å². The molecule has 1 aliphatic heterocycles. The van der Waals surface area contributed by atoms with E-state index in [-0.39, 0.29) is 17.7 Å². The molecule has 0 saturated heterocycles. The number of rotatable bonds is 2. The molecule has 0 radical (unpaired) electrons. The maximum atomic E-state index is 11.3. The molecule has 1 atom stereocenters. The predicted octanol–water partition coefficient (Wildman–Crippen LogP) is 2.06. The molecular weight excluding hydrogens is 192 g/mol. The molecule has 0 N–H and O–H groups in total. The van der Waals surface area contributed by atoms with Gasteiger partial charge in [-0.25, -0.2) is 0 Å². The van der Waals surface area contributed by atoms with Crippen molar-refractivity contribution in [3.8, 4) is 5.75 Å². The zero-order valence-corrected chi connectivity index (χ0v) is 8.53. The molecule has 1 aromatic rings. The van der Waals surface area contributed by atoms with Crippen LogP contribution in [0.5, 0.6) is 5.75 Å². The molecule has 1 aliphatic rings. The Kier molecular flexibility index (Phi) is 2.54. The number of esters is 1. The van der Waals surface area contributed by atoms with Crippen molar-refractivity contribution in [1.29, 1.82) is 0 Å². The Morgan fingerprint density at radius 3 is 2.93 bits per heavy atom. The van der Waals surface area contributed by atoms with E-state index in [1.54, 1.807) is 13.0 Å². The molecule has 2 rings (SSSR count). The summed E-state index contributed by atoms with van der Waals surface area (Å²) in [6.07, 6.45) is 0.711. The highest BCUT2D eigenvalue weighted by atomic mass is 16.5. The van der Waals surface area contributed by atoms with Gasteiger partial charge in [0.1, 0.15) is 11.5 Å². The van der Waals surface area contributed by atoms with Gasteiger partial charge in [-0.1, -0.05) is 18.2 Å². The number of benzene rings is 1. The molecule has 0 bridgehead atoms. The third kappa shape index (κ3) is 2.06. The highest BCUT2D eigenvalue weighted by Crippen LogP contribution is 2.35. The summed E-state index contributed by atoms with van der Waals surface area (Å²) < 4.78 is 5.09. The average Bonchev–Trinajstić information content (AvgIpc) is 2.16. The van der Waals surface area contributed by atoms with Gasteiger partial charge < -0.3 is 9.53 Å². The normalized spacial score (nSPS) is 19.3. The maximum absolute atomic E-state index is 11.3. The fourth-order valence-electron chi connectivity index (χ4n) is 1.92. The van der Waals surface area contributed by atoms with Crippen molar-refractivity contribution in [3.05, 3.63) is 29.8 Å². The minimum atomic E-state index is -0.250.